The van der Waals surface area contributed by atoms with Crippen LogP contribution in [-0.4, -0.2) is 29.4 Å². The fourth-order valence-electron chi connectivity index (χ4n) is 4.15. The predicted molar refractivity (Wildman–Crippen MR) is 96.7 cm³/mol. The van der Waals surface area contributed by atoms with Gasteiger partial charge in [0.15, 0.2) is 0 Å². The van der Waals surface area contributed by atoms with E-state index in [2.05, 4.69) is 19.9 Å². The van der Waals surface area contributed by atoms with Crippen molar-refractivity contribution in [2.45, 2.75) is 52.2 Å². The third kappa shape index (κ3) is 3.90. The molecule has 1 aliphatic carbocycles. The van der Waals surface area contributed by atoms with Gasteiger partial charge in [-0.25, -0.2) is 0 Å². The van der Waals surface area contributed by atoms with Gasteiger partial charge in [0, 0.05) is 19.0 Å². The zero-order valence-corrected chi connectivity index (χ0v) is 15.5. The third-order valence-corrected chi connectivity index (χ3v) is 6.02. The lowest BCUT2D eigenvalue weighted by Crippen LogP contribution is -2.45. The maximum Gasteiger partial charge on any atom is 0.311 e. The van der Waals surface area contributed by atoms with Crippen LogP contribution in [-0.2, 0) is 20.9 Å². The van der Waals surface area contributed by atoms with Crippen LogP contribution in [0.25, 0.3) is 0 Å². The molecular weight excluding hydrogens is 328 g/mol. The third-order valence-electron chi connectivity index (χ3n) is 6.02. The number of likely N-dealkylation sites (tertiary alicyclic amines) is 1. The Morgan fingerprint density at radius 3 is 2.69 bits per heavy atom. The molecule has 1 saturated carbocycles. The first-order valence-electron chi connectivity index (χ1n) is 9.44. The topological polar surface area (TPSA) is 70.4 Å². The first-order valence-corrected chi connectivity index (χ1v) is 9.44. The molecular formula is C21H26N2O3. The van der Waals surface area contributed by atoms with E-state index in [0.29, 0.717) is 23.9 Å². The molecule has 1 aliphatic heterocycles. The lowest BCUT2D eigenvalue weighted by atomic mass is 9.77. The van der Waals surface area contributed by atoms with E-state index in [4.69, 9.17) is 10.00 Å². The first kappa shape index (κ1) is 18.4. The van der Waals surface area contributed by atoms with Crippen LogP contribution in [0.4, 0.5) is 0 Å². The largest absolute Gasteiger partial charge is 0.461 e. The average molecular weight is 354 g/mol. The molecule has 0 aromatic heterocycles. The second kappa shape index (κ2) is 7.90. The second-order valence-electron chi connectivity index (χ2n) is 7.70. The van der Waals surface area contributed by atoms with Crippen molar-refractivity contribution >= 4 is 11.9 Å². The molecule has 4 atom stereocenters. The summed E-state index contributed by atoms with van der Waals surface area (Å²) in [6.45, 7) is 5.12. The Morgan fingerprint density at radius 1 is 1.27 bits per heavy atom. The number of nitriles is 1. The monoisotopic (exact) mass is 354 g/mol. The number of amides is 1. The lowest BCUT2D eigenvalue weighted by Gasteiger charge is -2.39. The van der Waals surface area contributed by atoms with Gasteiger partial charge < -0.3 is 9.64 Å². The number of rotatable bonds is 4. The van der Waals surface area contributed by atoms with Gasteiger partial charge >= 0.3 is 5.97 Å². The van der Waals surface area contributed by atoms with Crippen LogP contribution in [0.15, 0.2) is 24.3 Å². The summed E-state index contributed by atoms with van der Waals surface area (Å²) in [7, 11) is 0. The minimum absolute atomic E-state index is 0.0799. The van der Waals surface area contributed by atoms with Gasteiger partial charge in [0.25, 0.3) is 0 Å². The highest BCUT2D eigenvalue weighted by Crippen LogP contribution is 2.35. The van der Waals surface area contributed by atoms with Gasteiger partial charge in [0.05, 0.1) is 17.6 Å². The Kier molecular flexibility index (Phi) is 5.61. The van der Waals surface area contributed by atoms with Gasteiger partial charge in [-0.3, -0.25) is 9.59 Å². The molecule has 5 heteroatoms. The SMILES string of the molecule is C[C@@H]1[C@@H](C)CCC[C@@H]1N1C[C@H](C(=O)OCc2ccc(C#N)cc2)CC1=O. The molecule has 1 amide bonds. The van der Waals surface area contributed by atoms with E-state index in [1.54, 1.807) is 24.3 Å². The number of hydrogen-bond donors (Lipinski definition) is 0. The molecule has 2 fully saturated rings. The summed E-state index contributed by atoms with van der Waals surface area (Å²) in [4.78, 5) is 26.8. The van der Waals surface area contributed by atoms with Crippen LogP contribution >= 0.6 is 0 Å². The summed E-state index contributed by atoms with van der Waals surface area (Å²) in [5.41, 5.74) is 1.42. The smallest absolute Gasteiger partial charge is 0.311 e. The van der Waals surface area contributed by atoms with Crippen molar-refractivity contribution in [2.75, 3.05) is 6.54 Å². The zero-order valence-electron chi connectivity index (χ0n) is 15.5. The Labute approximate surface area is 154 Å². The molecule has 0 N–H and O–H groups in total. The summed E-state index contributed by atoms with van der Waals surface area (Å²) in [5.74, 6) is 0.494. The Bertz CT molecular complexity index is 707. The van der Waals surface area contributed by atoms with Crippen molar-refractivity contribution in [3.8, 4) is 6.07 Å². The van der Waals surface area contributed by atoms with Crippen molar-refractivity contribution in [3.63, 3.8) is 0 Å². The average Bonchev–Trinajstić information content (AvgIpc) is 3.04. The molecule has 1 heterocycles. The van der Waals surface area contributed by atoms with E-state index in [-0.39, 0.29) is 36.9 Å². The fourth-order valence-corrected chi connectivity index (χ4v) is 4.15. The minimum atomic E-state index is -0.370. The van der Waals surface area contributed by atoms with Crippen molar-refractivity contribution in [2.24, 2.45) is 17.8 Å². The maximum atomic E-state index is 12.5. The van der Waals surface area contributed by atoms with Crippen LogP contribution in [0, 0.1) is 29.1 Å². The Balaban J connectivity index is 1.55. The molecule has 0 radical (unpaired) electrons. The Hall–Kier alpha value is -2.35. The van der Waals surface area contributed by atoms with Crippen molar-refractivity contribution in [1.82, 2.24) is 4.90 Å². The van der Waals surface area contributed by atoms with Crippen LogP contribution in [0.5, 0.6) is 0 Å². The van der Waals surface area contributed by atoms with Crippen LogP contribution in [0.3, 0.4) is 0 Å². The van der Waals surface area contributed by atoms with Crippen LogP contribution < -0.4 is 0 Å². The lowest BCUT2D eigenvalue weighted by molar-refractivity contribution is -0.149. The van der Waals surface area contributed by atoms with Gasteiger partial charge in [-0.2, -0.15) is 5.26 Å². The normalized spacial score (nSPS) is 28.7. The number of ether oxygens (including phenoxy) is 1. The highest BCUT2D eigenvalue weighted by Gasteiger charge is 2.42. The molecule has 0 unspecified atom stereocenters. The summed E-state index contributed by atoms with van der Waals surface area (Å²) in [5, 5.41) is 8.81. The molecule has 26 heavy (non-hydrogen) atoms. The van der Waals surface area contributed by atoms with Crippen molar-refractivity contribution in [1.29, 1.82) is 5.26 Å². The van der Waals surface area contributed by atoms with E-state index in [1.807, 2.05) is 4.90 Å². The summed E-state index contributed by atoms with van der Waals surface area (Å²) in [6, 6.07) is 9.28. The molecule has 0 bridgehead atoms. The number of carbonyl (C=O) groups excluding carboxylic acids is 2. The number of benzene rings is 1. The molecule has 0 spiro atoms. The van der Waals surface area contributed by atoms with Gasteiger partial charge in [-0.15, -0.1) is 0 Å². The number of carbonyl (C=O) groups is 2. The van der Waals surface area contributed by atoms with Gasteiger partial charge in [-0.05, 0) is 36.0 Å². The highest BCUT2D eigenvalue weighted by molar-refractivity contribution is 5.87. The van der Waals surface area contributed by atoms with Gasteiger partial charge in [0.1, 0.15) is 6.61 Å². The quantitative estimate of drug-likeness (QED) is 0.778. The van der Waals surface area contributed by atoms with E-state index in [1.165, 1.54) is 6.42 Å². The van der Waals surface area contributed by atoms with Crippen LogP contribution in [0.2, 0.25) is 0 Å². The summed E-state index contributed by atoms with van der Waals surface area (Å²) in [6.07, 6.45) is 3.65. The molecule has 1 saturated heterocycles. The molecule has 138 valence electrons. The summed E-state index contributed by atoms with van der Waals surface area (Å²) < 4.78 is 5.42. The number of nitrogens with zero attached hydrogens (tertiary/aromatic N) is 2. The van der Waals surface area contributed by atoms with E-state index in [9.17, 15) is 9.59 Å². The summed E-state index contributed by atoms with van der Waals surface area (Å²) >= 11 is 0. The second-order valence-corrected chi connectivity index (χ2v) is 7.70. The Morgan fingerprint density at radius 2 is 2.00 bits per heavy atom. The van der Waals surface area contributed by atoms with Gasteiger partial charge in [0.2, 0.25) is 5.91 Å². The van der Waals surface area contributed by atoms with Crippen molar-refractivity contribution in [3.05, 3.63) is 35.4 Å². The first-order chi connectivity index (χ1) is 12.5. The molecule has 2 aliphatic rings. The molecule has 1 aromatic rings. The number of hydrogen-bond acceptors (Lipinski definition) is 4. The zero-order chi connectivity index (χ0) is 18.7. The molecule has 3 rings (SSSR count). The van der Waals surface area contributed by atoms with Crippen molar-refractivity contribution < 1.29 is 14.3 Å². The van der Waals surface area contributed by atoms with Gasteiger partial charge in [-0.1, -0.05) is 38.8 Å². The van der Waals surface area contributed by atoms with Crippen LogP contribution in [0.1, 0.15) is 50.7 Å². The molecule has 1 aromatic carbocycles. The van der Waals surface area contributed by atoms with E-state index >= 15 is 0 Å². The fraction of sp³-hybridized carbons (Fsp3) is 0.571. The minimum Gasteiger partial charge on any atom is -0.461 e. The standard InChI is InChI=1S/C21H26N2O3/c1-14-4-3-5-19(15(14)2)23-12-18(10-20(23)24)21(25)26-13-17-8-6-16(11-22)7-9-17/h6-9,14-15,18-19H,3-5,10,12-13H2,1-2H3/t14-,15+,18+,19-/m0/s1. The maximum absolute atomic E-state index is 12.5. The molecule has 5 nitrogen and oxygen atoms in total. The predicted octanol–water partition coefficient (Wildman–Crippen LogP) is 3.27. The van der Waals surface area contributed by atoms with E-state index in [0.717, 1.165) is 18.4 Å². The van der Waals surface area contributed by atoms with E-state index < -0.39 is 0 Å². The number of esters is 1. The highest BCUT2D eigenvalue weighted by atomic mass is 16.5.